The molecule has 10 heteroatoms. The van der Waals surface area contributed by atoms with Gasteiger partial charge in [0.2, 0.25) is 11.9 Å². The fourth-order valence-corrected chi connectivity index (χ4v) is 3.81. The minimum Gasteiger partial charge on any atom is -0.494 e. The highest BCUT2D eigenvalue weighted by Crippen LogP contribution is 2.32. The van der Waals surface area contributed by atoms with Crippen molar-refractivity contribution < 1.29 is 18.7 Å². The number of rotatable bonds is 4. The number of carbonyl (C=O) groups is 1. The molecular weight excluding hydrogens is 403 g/mol. The lowest BCUT2D eigenvalue weighted by Crippen LogP contribution is -2.33. The quantitative estimate of drug-likeness (QED) is 0.518. The highest BCUT2D eigenvalue weighted by atomic mass is 19.1. The van der Waals surface area contributed by atoms with Crippen molar-refractivity contribution >= 4 is 28.4 Å². The van der Waals surface area contributed by atoms with Gasteiger partial charge >= 0.3 is 0 Å². The van der Waals surface area contributed by atoms with E-state index in [-0.39, 0.29) is 30.1 Å². The summed E-state index contributed by atoms with van der Waals surface area (Å²) in [5.74, 6) is 0.839. The Kier molecular flexibility index (Phi) is 4.54. The number of anilines is 1. The molecule has 3 N–H and O–H groups in total. The molecule has 0 bridgehead atoms. The number of nitrogens with two attached hydrogens (primary N) is 1. The molecule has 2 aromatic heterocycles. The van der Waals surface area contributed by atoms with Gasteiger partial charge in [0, 0.05) is 23.4 Å². The van der Waals surface area contributed by atoms with Crippen molar-refractivity contribution in [2.45, 2.75) is 18.9 Å². The van der Waals surface area contributed by atoms with Gasteiger partial charge in [-0.2, -0.15) is 4.52 Å². The number of para-hydroxylation sites is 1. The number of hydrogen-bond acceptors (Lipinski definition) is 7. The van der Waals surface area contributed by atoms with Gasteiger partial charge in [0.1, 0.15) is 22.8 Å². The van der Waals surface area contributed by atoms with Crippen molar-refractivity contribution in [2.24, 2.45) is 0 Å². The Hall–Kier alpha value is -3.95. The molecule has 1 unspecified atom stereocenters. The standard InChI is InChI=1S/C21H19FN6O3/c1-30-15-4-2-3-13-19(15)26-21(23)28-20(13)25-17(27-28)10-18(29)24-14-7-8-31-16-9-11(22)5-6-12(14)16/h2-6,9,14H,7-8,10H2,1H3,(H2,23,26)(H,24,29). The zero-order valence-corrected chi connectivity index (χ0v) is 16.6. The summed E-state index contributed by atoms with van der Waals surface area (Å²) < 4.78 is 25.7. The van der Waals surface area contributed by atoms with Crippen LogP contribution in [-0.2, 0) is 11.2 Å². The van der Waals surface area contributed by atoms with Gasteiger partial charge in [-0.05, 0) is 18.2 Å². The zero-order chi connectivity index (χ0) is 21.5. The fourth-order valence-electron chi connectivity index (χ4n) is 3.81. The molecule has 0 radical (unpaired) electrons. The van der Waals surface area contributed by atoms with Gasteiger partial charge in [-0.25, -0.2) is 14.4 Å². The van der Waals surface area contributed by atoms with E-state index in [2.05, 4.69) is 20.4 Å². The first-order valence-corrected chi connectivity index (χ1v) is 9.73. The normalized spacial score (nSPS) is 15.5. The Bertz CT molecular complexity index is 1320. The van der Waals surface area contributed by atoms with Crippen LogP contribution in [0.2, 0.25) is 0 Å². The first-order chi connectivity index (χ1) is 15.0. The van der Waals surface area contributed by atoms with Crippen LogP contribution in [0.4, 0.5) is 10.3 Å². The monoisotopic (exact) mass is 422 g/mol. The number of hydrogen-bond donors (Lipinski definition) is 2. The van der Waals surface area contributed by atoms with Gasteiger partial charge in [0.25, 0.3) is 0 Å². The highest BCUT2D eigenvalue weighted by molar-refractivity contribution is 5.96. The second-order valence-electron chi connectivity index (χ2n) is 7.21. The third kappa shape index (κ3) is 3.35. The third-order valence-electron chi connectivity index (χ3n) is 5.22. The highest BCUT2D eigenvalue weighted by Gasteiger charge is 2.24. The van der Waals surface area contributed by atoms with Crippen molar-refractivity contribution in [3.8, 4) is 11.5 Å². The van der Waals surface area contributed by atoms with Crippen molar-refractivity contribution in [3.63, 3.8) is 0 Å². The Morgan fingerprint density at radius 3 is 3.06 bits per heavy atom. The maximum atomic E-state index is 13.5. The van der Waals surface area contributed by atoms with E-state index in [1.165, 1.54) is 16.6 Å². The van der Waals surface area contributed by atoms with Crippen LogP contribution in [0.25, 0.3) is 16.6 Å². The average Bonchev–Trinajstić information content (AvgIpc) is 3.18. The van der Waals surface area contributed by atoms with E-state index in [4.69, 9.17) is 15.2 Å². The number of fused-ring (bicyclic) bond motifs is 4. The number of nitrogens with zero attached hydrogens (tertiary/aromatic N) is 4. The molecule has 0 spiro atoms. The molecule has 158 valence electrons. The molecule has 0 saturated heterocycles. The van der Waals surface area contributed by atoms with E-state index in [0.29, 0.717) is 46.9 Å². The fraction of sp³-hybridized carbons (Fsp3) is 0.238. The second-order valence-corrected chi connectivity index (χ2v) is 7.21. The van der Waals surface area contributed by atoms with Gasteiger partial charge in [-0.3, -0.25) is 4.79 Å². The summed E-state index contributed by atoms with van der Waals surface area (Å²) in [5, 5.41) is 8.02. The van der Waals surface area contributed by atoms with E-state index in [1.807, 2.05) is 12.1 Å². The number of nitrogens with one attached hydrogen (secondary N) is 1. The van der Waals surface area contributed by atoms with Gasteiger partial charge in [0.05, 0.1) is 26.2 Å². The zero-order valence-electron chi connectivity index (χ0n) is 16.6. The third-order valence-corrected chi connectivity index (χ3v) is 5.22. The van der Waals surface area contributed by atoms with E-state index in [1.54, 1.807) is 19.2 Å². The topological polar surface area (TPSA) is 117 Å². The Morgan fingerprint density at radius 2 is 2.23 bits per heavy atom. The van der Waals surface area contributed by atoms with Crippen molar-refractivity contribution in [2.75, 3.05) is 19.5 Å². The number of nitrogen functional groups attached to an aromatic ring is 1. The van der Waals surface area contributed by atoms with Gasteiger partial charge in [0.15, 0.2) is 11.5 Å². The number of carbonyl (C=O) groups excluding carboxylic acids is 1. The van der Waals surface area contributed by atoms with Crippen molar-refractivity contribution in [1.82, 2.24) is 24.9 Å². The molecule has 1 aliphatic rings. The molecule has 5 rings (SSSR count). The Balaban J connectivity index is 1.42. The number of aromatic nitrogens is 4. The van der Waals surface area contributed by atoms with E-state index < -0.39 is 0 Å². The molecule has 1 atom stereocenters. The SMILES string of the molecule is COc1cccc2c1nc(N)n1nc(CC(=O)NC3CCOc4cc(F)ccc43)nc21. The molecule has 4 aromatic rings. The molecule has 2 aromatic carbocycles. The molecule has 0 aliphatic carbocycles. The molecule has 1 aliphatic heterocycles. The lowest BCUT2D eigenvalue weighted by molar-refractivity contribution is -0.121. The van der Waals surface area contributed by atoms with Gasteiger partial charge in [-0.15, -0.1) is 5.10 Å². The summed E-state index contributed by atoms with van der Waals surface area (Å²) >= 11 is 0. The van der Waals surface area contributed by atoms with Gasteiger partial charge in [-0.1, -0.05) is 12.1 Å². The van der Waals surface area contributed by atoms with Crippen LogP contribution in [0.1, 0.15) is 23.9 Å². The first kappa shape index (κ1) is 19.0. The molecular formula is C21H19FN6O3. The van der Waals surface area contributed by atoms with Crippen molar-refractivity contribution in [1.29, 1.82) is 0 Å². The number of amides is 1. The van der Waals surface area contributed by atoms with Gasteiger partial charge < -0.3 is 20.5 Å². The molecule has 9 nitrogen and oxygen atoms in total. The number of halogens is 1. The average molecular weight is 422 g/mol. The number of methoxy groups -OCH3 is 1. The maximum absolute atomic E-state index is 13.5. The van der Waals surface area contributed by atoms with Crippen LogP contribution < -0.4 is 20.5 Å². The van der Waals surface area contributed by atoms with Crippen LogP contribution in [0.3, 0.4) is 0 Å². The summed E-state index contributed by atoms with van der Waals surface area (Å²) in [4.78, 5) is 21.6. The predicted octanol–water partition coefficient (Wildman–Crippen LogP) is 2.19. The summed E-state index contributed by atoms with van der Waals surface area (Å²) in [6.45, 7) is 0.393. The van der Waals surface area contributed by atoms with E-state index in [0.717, 1.165) is 5.56 Å². The van der Waals surface area contributed by atoms with Crippen LogP contribution in [0, 0.1) is 5.82 Å². The summed E-state index contributed by atoms with van der Waals surface area (Å²) in [6, 6.07) is 9.49. The van der Waals surface area contributed by atoms with E-state index in [9.17, 15) is 9.18 Å². The summed E-state index contributed by atoms with van der Waals surface area (Å²) in [6.07, 6.45) is 0.546. The molecule has 0 saturated carbocycles. The Morgan fingerprint density at radius 1 is 1.35 bits per heavy atom. The van der Waals surface area contributed by atoms with Crippen LogP contribution in [0.15, 0.2) is 36.4 Å². The Labute approximate surface area is 176 Å². The van der Waals surface area contributed by atoms with E-state index >= 15 is 0 Å². The summed E-state index contributed by atoms with van der Waals surface area (Å²) in [7, 11) is 1.55. The summed E-state index contributed by atoms with van der Waals surface area (Å²) in [5.41, 5.74) is 7.87. The lowest BCUT2D eigenvalue weighted by atomic mass is 10.0. The first-order valence-electron chi connectivity index (χ1n) is 9.73. The second kappa shape index (κ2) is 7.38. The minimum atomic E-state index is -0.380. The number of benzene rings is 2. The van der Waals surface area contributed by atoms with Crippen LogP contribution in [0.5, 0.6) is 11.5 Å². The number of ether oxygens (including phenoxy) is 2. The molecule has 1 amide bonds. The predicted molar refractivity (Wildman–Crippen MR) is 110 cm³/mol. The molecule has 3 heterocycles. The smallest absolute Gasteiger partial charge is 0.228 e. The van der Waals surface area contributed by atoms with Crippen molar-refractivity contribution in [3.05, 3.63) is 53.6 Å². The molecule has 31 heavy (non-hydrogen) atoms. The maximum Gasteiger partial charge on any atom is 0.228 e. The minimum absolute atomic E-state index is 0.0412. The lowest BCUT2D eigenvalue weighted by Gasteiger charge is -2.26. The van der Waals surface area contributed by atoms with Crippen LogP contribution >= 0.6 is 0 Å². The molecule has 0 fully saturated rings. The largest absolute Gasteiger partial charge is 0.494 e. The van der Waals surface area contributed by atoms with Crippen LogP contribution in [-0.4, -0.2) is 39.2 Å².